The van der Waals surface area contributed by atoms with Crippen molar-refractivity contribution in [2.75, 3.05) is 13.2 Å². The Kier molecular flexibility index (Phi) is 7.05. The molecular weight excluding hydrogens is 166 g/mol. The summed E-state index contributed by atoms with van der Waals surface area (Å²) < 4.78 is 4.93. The van der Waals surface area contributed by atoms with E-state index in [1.807, 2.05) is 13.0 Å². The summed E-state index contributed by atoms with van der Waals surface area (Å²) in [6.45, 7) is 3.51. The van der Waals surface area contributed by atoms with E-state index in [0.717, 1.165) is 19.6 Å². The first kappa shape index (κ1) is 12.0. The quantitative estimate of drug-likeness (QED) is 0.504. The van der Waals surface area contributed by atoms with Gasteiger partial charge in [-0.1, -0.05) is 6.08 Å². The second kappa shape index (κ2) is 7.64. The molecule has 0 aromatic rings. The van der Waals surface area contributed by atoms with Crippen LogP contribution in [0.5, 0.6) is 0 Å². The van der Waals surface area contributed by atoms with Gasteiger partial charge in [0.25, 0.3) is 0 Å². The van der Waals surface area contributed by atoms with Crippen LogP contribution in [0.4, 0.5) is 0 Å². The first-order valence-corrected chi connectivity index (χ1v) is 4.34. The van der Waals surface area contributed by atoms with Gasteiger partial charge in [-0.2, -0.15) is 0 Å². The van der Waals surface area contributed by atoms with E-state index >= 15 is 0 Å². The molecule has 0 aromatic heterocycles. The molecule has 0 radical (unpaired) electrons. The molecular formula is C9H19N3O. The zero-order chi connectivity index (χ0) is 10.1. The maximum absolute atomic E-state index is 5.41. The fourth-order valence-corrected chi connectivity index (χ4v) is 0.801. The zero-order valence-corrected chi connectivity index (χ0v) is 8.07. The molecule has 1 unspecified atom stereocenters. The van der Waals surface area contributed by atoms with Gasteiger partial charge in [0, 0.05) is 24.5 Å². The van der Waals surface area contributed by atoms with E-state index in [9.17, 15) is 0 Å². The highest BCUT2D eigenvalue weighted by Gasteiger charge is 2.08. The van der Waals surface area contributed by atoms with Crippen LogP contribution in [0, 0.1) is 0 Å². The molecule has 0 aromatic carbocycles. The van der Waals surface area contributed by atoms with Crippen LogP contribution in [-0.2, 0) is 4.74 Å². The highest BCUT2D eigenvalue weighted by atomic mass is 16.5. The van der Waals surface area contributed by atoms with Crippen LogP contribution in [0.25, 0.3) is 0 Å². The summed E-state index contributed by atoms with van der Waals surface area (Å²) in [5.41, 5.74) is 16.3. The third-order valence-corrected chi connectivity index (χ3v) is 1.52. The summed E-state index contributed by atoms with van der Waals surface area (Å²) in [5, 5.41) is 0. The average molecular weight is 185 g/mol. The van der Waals surface area contributed by atoms with Crippen LogP contribution < -0.4 is 17.2 Å². The van der Waals surface area contributed by atoms with E-state index in [1.54, 1.807) is 6.08 Å². The summed E-state index contributed by atoms with van der Waals surface area (Å²) in [4.78, 5) is 0. The molecule has 0 saturated carbocycles. The standard InChI is InChI=1S/C5H10N2.C4H9NO/c1-2-3-5(7)4-6;5-4-1-2-6-3-4/h2-4H,6-7H2,1H3;4H,1-3,5H2/b3-2-,5-4+;. The van der Waals surface area contributed by atoms with E-state index in [-0.39, 0.29) is 0 Å². The van der Waals surface area contributed by atoms with Crippen molar-refractivity contribution < 1.29 is 4.74 Å². The lowest BCUT2D eigenvalue weighted by atomic mass is 10.3. The Balaban J connectivity index is 0.000000223. The van der Waals surface area contributed by atoms with Crippen molar-refractivity contribution in [3.05, 3.63) is 24.0 Å². The number of nitrogens with two attached hydrogens (primary N) is 3. The molecule has 76 valence electrons. The molecule has 0 amide bonds. The van der Waals surface area contributed by atoms with Crippen molar-refractivity contribution >= 4 is 0 Å². The second-order valence-corrected chi connectivity index (χ2v) is 2.79. The van der Waals surface area contributed by atoms with Gasteiger partial charge < -0.3 is 21.9 Å². The van der Waals surface area contributed by atoms with Crippen molar-refractivity contribution in [1.82, 2.24) is 0 Å². The van der Waals surface area contributed by atoms with Crippen LogP contribution >= 0.6 is 0 Å². The smallest absolute Gasteiger partial charge is 0.0618 e. The van der Waals surface area contributed by atoms with Gasteiger partial charge in [0.05, 0.1) is 6.61 Å². The van der Waals surface area contributed by atoms with Gasteiger partial charge in [-0.15, -0.1) is 0 Å². The predicted molar refractivity (Wildman–Crippen MR) is 54.7 cm³/mol. The number of hydrogen-bond donors (Lipinski definition) is 3. The second-order valence-electron chi connectivity index (χ2n) is 2.79. The molecule has 0 aliphatic carbocycles. The average Bonchev–Trinajstić information content (AvgIpc) is 2.57. The van der Waals surface area contributed by atoms with Gasteiger partial charge in [0.15, 0.2) is 0 Å². The van der Waals surface area contributed by atoms with Gasteiger partial charge in [-0.3, -0.25) is 0 Å². The van der Waals surface area contributed by atoms with Crippen LogP contribution in [0.1, 0.15) is 13.3 Å². The van der Waals surface area contributed by atoms with Crippen molar-refractivity contribution in [2.45, 2.75) is 19.4 Å². The Bertz CT molecular complexity index is 172. The fraction of sp³-hybridized carbons (Fsp3) is 0.556. The number of ether oxygens (including phenoxy) is 1. The molecule has 1 heterocycles. The minimum Gasteiger partial charge on any atom is -0.403 e. The van der Waals surface area contributed by atoms with E-state index in [1.165, 1.54) is 6.20 Å². The SMILES string of the molecule is C/C=C\C(N)=C/N.NC1CCOC1. The van der Waals surface area contributed by atoms with Crippen molar-refractivity contribution in [2.24, 2.45) is 17.2 Å². The Labute approximate surface area is 79.4 Å². The summed E-state index contributed by atoms with van der Waals surface area (Å²) in [5.74, 6) is 0. The Morgan fingerprint density at radius 2 is 2.23 bits per heavy atom. The van der Waals surface area contributed by atoms with Crippen molar-refractivity contribution in [3.8, 4) is 0 Å². The molecule has 1 atom stereocenters. The predicted octanol–water partition coefficient (Wildman–Crippen LogP) is 0.0553. The van der Waals surface area contributed by atoms with Crippen LogP contribution in [0.3, 0.4) is 0 Å². The third-order valence-electron chi connectivity index (χ3n) is 1.52. The number of hydrogen-bond acceptors (Lipinski definition) is 4. The molecule has 6 N–H and O–H groups in total. The molecule has 1 aliphatic heterocycles. The molecule has 0 spiro atoms. The first-order chi connectivity index (χ1) is 6.20. The normalized spacial score (nSPS) is 22.9. The molecule has 0 bridgehead atoms. The molecule has 1 fully saturated rings. The number of rotatable bonds is 1. The highest BCUT2D eigenvalue weighted by Crippen LogP contribution is 1.98. The first-order valence-electron chi connectivity index (χ1n) is 4.34. The monoisotopic (exact) mass is 185 g/mol. The molecule has 1 rings (SSSR count). The third kappa shape index (κ3) is 7.36. The largest absolute Gasteiger partial charge is 0.403 e. The van der Waals surface area contributed by atoms with Gasteiger partial charge in [0.1, 0.15) is 0 Å². The maximum Gasteiger partial charge on any atom is 0.0618 e. The lowest BCUT2D eigenvalue weighted by molar-refractivity contribution is 0.194. The molecule has 13 heavy (non-hydrogen) atoms. The molecule has 4 nitrogen and oxygen atoms in total. The van der Waals surface area contributed by atoms with Crippen LogP contribution in [-0.4, -0.2) is 19.3 Å². The molecule has 4 heteroatoms. The van der Waals surface area contributed by atoms with Gasteiger partial charge >= 0.3 is 0 Å². The van der Waals surface area contributed by atoms with Gasteiger partial charge in [0.2, 0.25) is 0 Å². The molecule has 1 aliphatic rings. The summed E-state index contributed by atoms with van der Waals surface area (Å²) in [7, 11) is 0. The van der Waals surface area contributed by atoms with Gasteiger partial charge in [-0.05, 0) is 19.4 Å². The van der Waals surface area contributed by atoms with Crippen molar-refractivity contribution in [3.63, 3.8) is 0 Å². The van der Waals surface area contributed by atoms with E-state index in [0.29, 0.717) is 11.7 Å². The topological polar surface area (TPSA) is 87.3 Å². The lowest BCUT2D eigenvalue weighted by Crippen LogP contribution is -2.18. The molecule has 1 saturated heterocycles. The van der Waals surface area contributed by atoms with E-state index in [2.05, 4.69) is 0 Å². The van der Waals surface area contributed by atoms with Crippen LogP contribution in [0.2, 0.25) is 0 Å². The maximum atomic E-state index is 5.41. The zero-order valence-electron chi connectivity index (χ0n) is 8.07. The summed E-state index contributed by atoms with van der Waals surface area (Å²) >= 11 is 0. The minimum absolute atomic E-state index is 0.324. The van der Waals surface area contributed by atoms with Crippen molar-refractivity contribution in [1.29, 1.82) is 0 Å². The Morgan fingerprint density at radius 3 is 2.38 bits per heavy atom. The summed E-state index contributed by atoms with van der Waals surface area (Å²) in [6, 6.07) is 0.324. The fourth-order valence-electron chi connectivity index (χ4n) is 0.801. The number of allylic oxidation sites excluding steroid dienone is 2. The lowest BCUT2D eigenvalue weighted by Gasteiger charge is -1.90. The Morgan fingerprint density at radius 1 is 1.54 bits per heavy atom. The minimum atomic E-state index is 0.324. The van der Waals surface area contributed by atoms with Crippen LogP contribution in [0.15, 0.2) is 24.0 Å². The van der Waals surface area contributed by atoms with Gasteiger partial charge in [-0.25, -0.2) is 0 Å². The Hall–Kier alpha value is -1.00. The highest BCUT2D eigenvalue weighted by molar-refractivity contribution is 5.11. The summed E-state index contributed by atoms with van der Waals surface area (Å²) in [6.07, 6.45) is 5.97. The van der Waals surface area contributed by atoms with E-state index in [4.69, 9.17) is 21.9 Å². The van der Waals surface area contributed by atoms with E-state index < -0.39 is 0 Å².